The summed E-state index contributed by atoms with van der Waals surface area (Å²) in [6, 6.07) is 4.14. The molecule has 0 amide bonds. The molecule has 38 heavy (non-hydrogen) atoms. The molecule has 0 radical (unpaired) electrons. The molecule has 2 atom stereocenters. The summed E-state index contributed by atoms with van der Waals surface area (Å²) < 4.78 is 49.9. The first-order valence-corrected chi connectivity index (χ1v) is 13.2. The van der Waals surface area contributed by atoms with Crippen LogP contribution in [0.15, 0.2) is 29.2 Å². The van der Waals surface area contributed by atoms with Crippen molar-refractivity contribution in [2.24, 2.45) is 18.9 Å². The number of hydrogen-bond donors (Lipinski definition) is 2. The van der Waals surface area contributed by atoms with E-state index in [1.54, 1.807) is 25.2 Å². The SMILES string of the molecule is Cn1c(=O)c2c(c3cc(Nc4nc(N5CCCC(CF)C5)ncc4Cl)ccc31)NC(C1CC1)C(F)(F)CO2. The van der Waals surface area contributed by atoms with E-state index in [4.69, 9.17) is 16.3 Å². The van der Waals surface area contributed by atoms with E-state index >= 15 is 0 Å². The minimum atomic E-state index is -3.12. The zero-order valence-electron chi connectivity index (χ0n) is 20.8. The lowest BCUT2D eigenvalue weighted by molar-refractivity contribution is -0.0579. The predicted octanol–water partition coefficient (Wildman–Crippen LogP) is 5.13. The van der Waals surface area contributed by atoms with Crippen molar-refractivity contribution in [3.8, 4) is 5.75 Å². The third-order valence-electron chi connectivity index (χ3n) is 7.62. The van der Waals surface area contributed by atoms with Gasteiger partial charge in [-0.3, -0.25) is 9.18 Å². The Morgan fingerprint density at radius 3 is 2.87 bits per heavy atom. The summed E-state index contributed by atoms with van der Waals surface area (Å²) in [6.07, 6.45) is 4.60. The molecule has 0 bridgehead atoms. The number of rotatable bonds is 5. The van der Waals surface area contributed by atoms with Gasteiger partial charge in [0.1, 0.15) is 5.02 Å². The van der Waals surface area contributed by atoms with Gasteiger partial charge in [0, 0.05) is 37.1 Å². The molecule has 1 aromatic carbocycles. The van der Waals surface area contributed by atoms with Gasteiger partial charge in [0.2, 0.25) is 11.7 Å². The molecule has 1 saturated heterocycles. The average Bonchev–Trinajstić information content (AvgIpc) is 3.76. The van der Waals surface area contributed by atoms with E-state index in [1.807, 2.05) is 4.90 Å². The van der Waals surface area contributed by atoms with Gasteiger partial charge in [-0.05, 0) is 49.8 Å². The van der Waals surface area contributed by atoms with Gasteiger partial charge in [-0.25, -0.2) is 13.8 Å². The molecule has 0 spiro atoms. The number of benzene rings is 1. The second-order valence-electron chi connectivity index (χ2n) is 10.4. The number of alkyl halides is 3. The summed E-state index contributed by atoms with van der Waals surface area (Å²) >= 11 is 6.41. The Kier molecular flexibility index (Phi) is 6.28. The lowest BCUT2D eigenvalue weighted by Crippen LogP contribution is -2.44. The Bertz CT molecular complexity index is 1450. The largest absolute Gasteiger partial charge is 0.480 e. The van der Waals surface area contributed by atoms with Gasteiger partial charge in [0.05, 0.1) is 30.1 Å². The molecule has 2 fully saturated rings. The van der Waals surface area contributed by atoms with Gasteiger partial charge in [0.25, 0.3) is 5.56 Å². The number of pyridine rings is 1. The number of aromatic nitrogens is 3. The predicted molar refractivity (Wildman–Crippen MR) is 141 cm³/mol. The first-order chi connectivity index (χ1) is 18.2. The van der Waals surface area contributed by atoms with E-state index in [0.29, 0.717) is 52.8 Å². The highest BCUT2D eigenvalue weighted by molar-refractivity contribution is 6.32. The fourth-order valence-corrected chi connectivity index (χ4v) is 5.53. The number of nitrogens with zero attached hydrogens (tertiary/aromatic N) is 4. The fraction of sp³-hybridized carbons (Fsp3) is 0.500. The van der Waals surface area contributed by atoms with Gasteiger partial charge in [0.15, 0.2) is 12.4 Å². The zero-order chi connectivity index (χ0) is 26.6. The first kappa shape index (κ1) is 25.1. The van der Waals surface area contributed by atoms with Crippen molar-refractivity contribution in [2.75, 3.05) is 41.9 Å². The van der Waals surface area contributed by atoms with E-state index in [2.05, 4.69) is 20.6 Å². The number of halogens is 4. The lowest BCUT2D eigenvalue weighted by atomic mass is 10.00. The molecule has 2 aromatic heterocycles. The van der Waals surface area contributed by atoms with Crippen molar-refractivity contribution in [1.82, 2.24) is 14.5 Å². The molecule has 2 aliphatic heterocycles. The van der Waals surface area contributed by atoms with Gasteiger partial charge in [-0.15, -0.1) is 0 Å². The first-order valence-electron chi connectivity index (χ1n) is 12.8. The third-order valence-corrected chi connectivity index (χ3v) is 7.90. The quantitative estimate of drug-likeness (QED) is 0.457. The topological polar surface area (TPSA) is 84.3 Å². The van der Waals surface area contributed by atoms with Crippen LogP contribution < -0.4 is 25.8 Å². The minimum Gasteiger partial charge on any atom is -0.480 e. The van der Waals surface area contributed by atoms with Gasteiger partial charge in [-0.1, -0.05) is 11.6 Å². The smallest absolute Gasteiger partial charge is 0.301 e. The fourth-order valence-electron chi connectivity index (χ4n) is 5.39. The summed E-state index contributed by atoms with van der Waals surface area (Å²) in [5.41, 5.74) is 0.937. The van der Waals surface area contributed by atoms with E-state index in [9.17, 15) is 18.0 Å². The summed E-state index contributed by atoms with van der Waals surface area (Å²) in [5, 5.41) is 7.03. The van der Waals surface area contributed by atoms with Crippen molar-refractivity contribution in [1.29, 1.82) is 0 Å². The van der Waals surface area contributed by atoms with Crippen LogP contribution in [0.1, 0.15) is 25.7 Å². The molecule has 6 rings (SSSR count). The number of fused-ring (bicyclic) bond motifs is 3. The van der Waals surface area contributed by atoms with Crippen LogP contribution in [0, 0.1) is 11.8 Å². The van der Waals surface area contributed by atoms with Crippen LogP contribution in [0.2, 0.25) is 5.02 Å². The number of ether oxygens (including phenoxy) is 1. The Balaban J connectivity index is 1.37. The Morgan fingerprint density at radius 1 is 1.29 bits per heavy atom. The highest BCUT2D eigenvalue weighted by Gasteiger charge is 2.51. The molecule has 3 aliphatic rings. The van der Waals surface area contributed by atoms with Crippen molar-refractivity contribution >= 4 is 45.6 Å². The summed E-state index contributed by atoms with van der Waals surface area (Å²) in [6.45, 7) is 0.0225. The maximum atomic E-state index is 14.9. The molecule has 8 nitrogen and oxygen atoms in total. The standard InChI is InChI=1S/C26H28ClF3N6O2/c1-35-19-7-6-16(32-23-18(27)11-31-25(34-23)36-8-2-3-14(10-28)12-36)9-17(19)20-21(24(35)37)38-13-26(29,30)22(33-20)15-4-5-15/h6-7,9,11,14-15,22,33H,2-5,8,10,12-13H2,1H3,(H,31,32,34). The van der Waals surface area contributed by atoms with Crippen LogP contribution >= 0.6 is 11.6 Å². The maximum absolute atomic E-state index is 14.9. The van der Waals surface area contributed by atoms with Gasteiger partial charge >= 0.3 is 5.92 Å². The number of nitrogens with one attached hydrogen (secondary N) is 2. The maximum Gasteiger partial charge on any atom is 0.301 e. The molecule has 1 saturated carbocycles. The summed E-state index contributed by atoms with van der Waals surface area (Å²) in [4.78, 5) is 23.9. The molecule has 1 aliphatic carbocycles. The van der Waals surface area contributed by atoms with E-state index in [-0.39, 0.29) is 29.9 Å². The van der Waals surface area contributed by atoms with Crippen molar-refractivity contribution < 1.29 is 17.9 Å². The van der Waals surface area contributed by atoms with Crippen LogP contribution in [-0.2, 0) is 7.05 Å². The van der Waals surface area contributed by atoms with Crippen LogP contribution in [0.4, 0.5) is 36.3 Å². The van der Waals surface area contributed by atoms with Crippen LogP contribution in [0.3, 0.4) is 0 Å². The highest BCUT2D eigenvalue weighted by Crippen LogP contribution is 2.45. The molecular weight excluding hydrogens is 521 g/mol. The van der Waals surface area contributed by atoms with Crippen LogP contribution in [-0.4, -0.2) is 52.9 Å². The second kappa shape index (κ2) is 9.52. The number of piperidine rings is 1. The van der Waals surface area contributed by atoms with E-state index in [1.165, 1.54) is 10.8 Å². The monoisotopic (exact) mass is 548 g/mol. The second-order valence-corrected chi connectivity index (χ2v) is 10.8. The normalized spacial score (nSPS) is 22.8. The molecular formula is C26H28ClF3N6O2. The molecule has 12 heteroatoms. The Labute approximate surface area is 222 Å². The van der Waals surface area contributed by atoms with Crippen molar-refractivity contribution in [3.63, 3.8) is 0 Å². The molecule has 3 aromatic rings. The van der Waals surface area contributed by atoms with Crippen LogP contribution in [0.25, 0.3) is 10.9 Å². The number of anilines is 4. The van der Waals surface area contributed by atoms with Crippen LogP contribution in [0.5, 0.6) is 5.75 Å². The summed E-state index contributed by atoms with van der Waals surface area (Å²) in [5.74, 6) is -2.64. The average molecular weight is 549 g/mol. The van der Waals surface area contributed by atoms with Crippen molar-refractivity contribution in [2.45, 2.75) is 37.6 Å². The van der Waals surface area contributed by atoms with E-state index < -0.39 is 24.1 Å². The van der Waals surface area contributed by atoms with E-state index in [0.717, 1.165) is 19.4 Å². The van der Waals surface area contributed by atoms with Gasteiger partial charge in [-0.2, -0.15) is 4.98 Å². The summed E-state index contributed by atoms with van der Waals surface area (Å²) in [7, 11) is 1.58. The molecule has 2 N–H and O–H groups in total. The Hall–Kier alpha value is -3.21. The molecule has 2 unspecified atom stereocenters. The number of hydrogen-bond acceptors (Lipinski definition) is 7. The zero-order valence-corrected chi connectivity index (χ0v) is 21.6. The number of aryl methyl sites for hydroxylation is 1. The third kappa shape index (κ3) is 4.50. The lowest BCUT2D eigenvalue weighted by Gasteiger charge is -2.31. The van der Waals surface area contributed by atoms with Gasteiger partial charge < -0.3 is 24.8 Å². The van der Waals surface area contributed by atoms with Crippen molar-refractivity contribution in [3.05, 3.63) is 39.8 Å². The minimum absolute atomic E-state index is 0.0524. The highest BCUT2D eigenvalue weighted by atomic mass is 35.5. The Morgan fingerprint density at radius 2 is 2.11 bits per heavy atom. The molecule has 202 valence electrons. The molecule has 4 heterocycles.